The van der Waals surface area contributed by atoms with Gasteiger partial charge in [-0.15, -0.1) is 0 Å². The summed E-state index contributed by atoms with van der Waals surface area (Å²) < 4.78 is 25.3. The number of carbonyl (C=O) groups is 1. The highest BCUT2D eigenvalue weighted by Gasteiger charge is 2.31. The smallest absolute Gasteiger partial charge is 0.410 e. The molecule has 0 spiro atoms. The first kappa shape index (κ1) is 31.5. The summed E-state index contributed by atoms with van der Waals surface area (Å²) in [4.78, 5) is 30.7. The zero-order valence-corrected chi connectivity index (χ0v) is 26.9. The highest BCUT2D eigenvalue weighted by atomic mass is 16.6. The van der Waals surface area contributed by atoms with Crippen molar-refractivity contribution in [1.82, 2.24) is 14.4 Å². The second-order valence-electron chi connectivity index (χ2n) is 12.9. The molecule has 4 aromatic rings. The highest BCUT2D eigenvalue weighted by molar-refractivity contribution is 5.85. The van der Waals surface area contributed by atoms with Gasteiger partial charge in [0.15, 0.2) is 11.5 Å². The molecule has 1 saturated heterocycles. The van der Waals surface area contributed by atoms with Crippen LogP contribution >= 0.6 is 0 Å². The minimum atomic E-state index is -0.596. The number of benzene rings is 3. The van der Waals surface area contributed by atoms with Gasteiger partial charge in [0.1, 0.15) is 31.2 Å². The van der Waals surface area contributed by atoms with Crippen molar-refractivity contribution >= 4 is 17.0 Å². The lowest BCUT2D eigenvalue weighted by Crippen LogP contribution is -2.49. The van der Waals surface area contributed by atoms with E-state index in [1.807, 2.05) is 103 Å². The molecule has 9 nitrogen and oxygen atoms in total. The Labute approximate surface area is 270 Å². The Morgan fingerprint density at radius 2 is 1.63 bits per heavy atom. The number of pyridine rings is 1. The molecule has 2 aliphatic rings. The largest absolute Gasteiger partial charge is 0.488 e. The van der Waals surface area contributed by atoms with Gasteiger partial charge in [0.2, 0.25) is 0 Å². The van der Waals surface area contributed by atoms with E-state index >= 15 is 0 Å². The van der Waals surface area contributed by atoms with E-state index in [0.29, 0.717) is 38.7 Å². The molecular weight excluding hydrogens is 582 g/mol. The van der Waals surface area contributed by atoms with Gasteiger partial charge in [-0.25, -0.2) is 4.79 Å². The molecule has 6 rings (SSSR count). The van der Waals surface area contributed by atoms with Gasteiger partial charge < -0.3 is 33.3 Å². The van der Waals surface area contributed by atoms with Gasteiger partial charge in [0, 0.05) is 50.2 Å². The van der Waals surface area contributed by atoms with Crippen LogP contribution in [0.25, 0.3) is 10.9 Å². The summed E-state index contributed by atoms with van der Waals surface area (Å²) in [6.07, 6.45) is 1.31. The van der Waals surface area contributed by atoms with E-state index in [2.05, 4.69) is 4.90 Å². The first-order valence-corrected chi connectivity index (χ1v) is 16.1. The van der Waals surface area contributed by atoms with Crippen molar-refractivity contribution in [3.05, 3.63) is 100 Å². The fraction of sp³-hybridized carbons (Fsp3) is 0.405. The van der Waals surface area contributed by atoms with Crippen LogP contribution in [0.15, 0.2) is 83.7 Å². The molecule has 46 heavy (non-hydrogen) atoms. The van der Waals surface area contributed by atoms with Crippen LogP contribution in [0.5, 0.6) is 17.2 Å². The van der Waals surface area contributed by atoms with Crippen molar-refractivity contribution in [2.75, 3.05) is 32.8 Å². The van der Waals surface area contributed by atoms with Crippen LogP contribution in [-0.2, 0) is 24.4 Å². The number of amides is 1. The lowest BCUT2D eigenvalue weighted by molar-refractivity contribution is 0.00562. The molecule has 0 bridgehead atoms. The van der Waals surface area contributed by atoms with E-state index in [9.17, 15) is 9.59 Å². The van der Waals surface area contributed by atoms with Crippen molar-refractivity contribution in [3.63, 3.8) is 0 Å². The lowest BCUT2D eigenvalue weighted by Gasteiger charge is -2.39. The van der Waals surface area contributed by atoms with E-state index in [0.717, 1.165) is 66.0 Å². The van der Waals surface area contributed by atoms with Crippen molar-refractivity contribution in [2.24, 2.45) is 0 Å². The molecule has 1 aromatic heterocycles. The molecule has 1 amide bonds. The maximum atomic E-state index is 13.4. The topological polar surface area (TPSA) is 82.5 Å². The Bertz CT molecular complexity index is 1710. The zero-order chi connectivity index (χ0) is 32.1. The molecule has 9 heteroatoms. The molecule has 1 fully saturated rings. The third-order valence-corrected chi connectivity index (χ3v) is 8.45. The predicted octanol–water partition coefficient (Wildman–Crippen LogP) is 6.25. The first-order chi connectivity index (χ1) is 22.2. The summed E-state index contributed by atoms with van der Waals surface area (Å²) in [5.74, 6) is 2.20. The van der Waals surface area contributed by atoms with Crippen LogP contribution in [0.1, 0.15) is 44.7 Å². The number of rotatable bonds is 9. The Hall–Kier alpha value is -4.50. The van der Waals surface area contributed by atoms with Crippen LogP contribution in [-0.4, -0.2) is 65.0 Å². The SMILES string of the molecule is CC(C)(C)OC(=O)N(Cc1ccc2c(c1)OCCO2)C1CCN(CCn2c(=O)ccc3c(OCc4ccccc4)cccc32)CC1. The Morgan fingerprint density at radius 3 is 2.39 bits per heavy atom. The standard InChI is InChI=1S/C37H43N3O6/c1-37(2,3)46-36(42)40(25-28-12-14-33-34(24-28)44-23-22-43-33)29-16-18-38(19-17-29)20-21-39-31-10-7-11-32(30(31)13-15-35(39)41)45-26-27-8-5-4-6-9-27/h4-15,24,29H,16-23,25-26H2,1-3H3. The van der Waals surface area contributed by atoms with Crippen molar-refractivity contribution in [1.29, 1.82) is 0 Å². The molecule has 3 aromatic carbocycles. The van der Waals surface area contributed by atoms with Crippen LogP contribution in [0, 0.1) is 0 Å². The lowest BCUT2D eigenvalue weighted by atomic mass is 10.0. The summed E-state index contributed by atoms with van der Waals surface area (Å²) in [6.45, 7) is 10.5. The molecule has 0 atom stereocenters. The summed E-state index contributed by atoms with van der Waals surface area (Å²) in [7, 11) is 0. The van der Waals surface area contributed by atoms with Gasteiger partial charge in [0.05, 0.1) is 5.52 Å². The van der Waals surface area contributed by atoms with E-state index < -0.39 is 5.60 Å². The number of fused-ring (bicyclic) bond motifs is 2. The molecule has 0 radical (unpaired) electrons. The summed E-state index contributed by atoms with van der Waals surface area (Å²) in [5, 5.41) is 0.920. The fourth-order valence-corrected chi connectivity index (χ4v) is 6.13. The van der Waals surface area contributed by atoms with Gasteiger partial charge in [-0.05, 0) is 75.1 Å². The predicted molar refractivity (Wildman–Crippen MR) is 178 cm³/mol. The number of nitrogens with zero attached hydrogens (tertiary/aromatic N) is 3. The third kappa shape index (κ3) is 7.65. The van der Waals surface area contributed by atoms with Gasteiger partial charge in [-0.1, -0.05) is 42.5 Å². The van der Waals surface area contributed by atoms with Gasteiger partial charge in [-0.3, -0.25) is 4.79 Å². The quantitative estimate of drug-likeness (QED) is 0.217. The molecule has 242 valence electrons. The Morgan fingerprint density at radius 1 is 0.870 bits per heavy atom. The Kier molecular flexibility index (Phi) is 9.49. The van der Waals surface area contributed by atoms with E-state index in [-0.39, 0.29) is 17.7 Å². The normalized spacial score (nSPS) is 15.5. The molecule has 0 N–H and O–H groups in total. The van der Waals surface area contributed by atoms with Crippen molar-refractivity contribution in [3.8, 4) is 17.2 Å². The van der Waals surface area contributed by atoms with Crippen molar-refractivity contribution in [2.45, 2.75) is 65.0 Å². The molecule has 2 aliphatic heterocycles. The second kappa shape index (κ2) is 13.9. The monoisotopic (exact) mass is 625 g/mol. The minimum Gasteiger partial charge on any atom is -0.488 e. The fourth-order valence-electron chi connectivity index (χ4n) is 6.13. The molecule has 0 unspecified atom stereocenters. The van der Waals surface area contributed by atoms with E-state index in [1.54, 1.807) is 6.07 Å². The van der Waals surface area contributed by atoms with Gasteiger partial charge in [-0.2, -0.15) is 0 Å². The molecular formula is C37H43N3O6. The summed E-state index contributed by atoms with van der Waals surface area (Å²) in [6, 6.07) is 25.3. The van der Waals surface area contributed by atoms with Gasteiger partial charge in [0.25, 0.3) is 5.56 Å². The highest BCUT2D eigenvalue weighted by Crippen LogP contribution is 2.32. The third-order valence-electron chi connectivity index (χ3n) is 8.45. The Balaban J connectivity index is 1.11. The average molecular weight is 626 g/mol. The molecule has 0 saturated carbocycles. The number of hydrogen-bond acceptors (Lipinski definition) is 7. The zero-order valence-electron chi connectivity index (χ0n) is 26.9. The first-order valence-electron chi connectivity index (χ1n) is 16.1. The van der Waals surface area contributed by atoms with Crippen molar-refractivity contribution < 1.29 is 23.7 Å². The minimum absolute atomic E-state index is 0.0295. The van der Waals surface area contributed by atoms with Gasteiger partial charge >= 0.3 is 6.09 Å². The number of piperidine rings is 1. The average Bonchev–Trinajstić information content (AvgIpc) is 3.05. The number of hydrogen-bond donors (Lipinski definition) is 0. The van der Waals surface area contributed by atoms with E-state index in [1.165, 1.54) is 0 Å². The van der Waals surface area contributed by atoms with Crippen LogP contribution in [0.4, 0.5) is 4.79 Å². The van der Waals surface area contributed by atoms with Crippen LogP contribution in [0.3, 0.4) is 0 Å². The maximum absolute atomic E-state index is 13.4. The summed E-state index contributed by atoms with van der Waals surface area (Å²) >= 11 is 0. The number of likely N-dealkylation sites (tertiary alicyclic amines) is 1. The van der Waals surface area contributed by atoms with E-state index in [4.69, 9.17) is 18.9 Å². The number of ether oxygens (including phenoxy) is 4. The molecule has 0 aliphatic carbocycles. The maximum Gasteiger partial charge on any atom is 0.410 e. The molecule has 3 heterocycles. The summed E-state index contributed by atoms with van der Waals surface area (Å²) in [5.41, 5.74) is 2.30. The number of carbonyl (C=O) groups excluding carboxylic acids is 1. The second-order valence-corrected chi connectivity index (χ2v) is 12.9. The number of aromatic nitrogens is 1. The van der Waals surface area contributed by atoms with Crippen LogP contribution < -0.4 is 19.8 Å². The van der Waals surface area contributed by atoms with Crippen LogP contribution in [0.2, 0.25) is 0 Å².